The molecule has 2 aliphatic rings. The summed E-state index contributed by atoms with van der Waals surface area (Å²) < 4.78 is 6.51. The summed E-state index contributed by atoms with van der Waals surface area (Å²) in [4.78, 5) is 27.9. The molecule has 216 valence electrons. The highest BCUT2D eigenvalue weighted by atomic mass is 35.5. The molecular formula is C32H32Cl2N6O2. The zero-order chi connectivity index (χ0) is 29.2. The van der Waals surface area contributed by atoms with Gasteiger partial charge < -0.3 is 19.9 Å². The first-order chi connectivity index (χ1) is 20.4. The van der Waals surface area contributed by atoms with Gasteiger partial charge in [-0.15, -0.1) is 0 Å². The van der Waals surface area contributed by atoms with E-state index in [0.29, 0.717) is 38.1 Å². The summed E-state index contributed by atoms with van der Waals surface area (Å²) in [5.74, 6) is 6.41. The Morgan fingerprint density at radius 1 is 1.10 bits per heavy atom. The molecule has 1 N–H and O–H groups in total. The summed E-state index contributed by atoms with van der Waals surface area (Å²) >= 11 is 12.9. The maximum atomic E-state index is 13.6. The van der Waals surface area contributed by atoms with E-state index in [0.717, 1.165) is 24.8 Å². The molecule has 0 radical (unpaired) electrons. The Kier molecular flexibility index (Phi) is 8.36. The Bertz CT molecular complexity index is 1730. The predicted molar refractivity (Wildman–Crippen MR) is 170 cm³/mol. The third-order valence-electron chi connectivity index (χ3n) is 8.03. The highest BCUT2D eigenvalue weighted by Gasteiger charge is 2.28. The number of pyridine rings is 1. The van der Waals surface area contributed by atoms with E-state index in [-0.39, 0.29) is 12.2 Å². The molecular weight excluding hydrogens is 571 g/mol. The van der Waals surface area contributed by atoms with Crippen LogP contribution in [0, 0.1) is 18.8 Å². The normalized spacial score (nSPS) is 15.8. The molecule has 4 heterocycles. The van der Waals surface area contributed by atoms with E-state index in [1.807, 2.05) is 6.07 Å². The topological polar surface area (TPSA) is 75.5 Å². The van der Waals surface area contributed by atoms with E-state index < -0.39 is 0 Å². The fourth-order valence-corrected chi connectivity index (χ4v) is 6.34. The molecule has 0 atom stereocenters. The van der Waals surface area contributed by atoms with Gasteiger partial charge in [0.05, 0.1) is 32.2 Å². The first-order valence-corrected chi connectivity index (χ1v) is 14.9. The second-order valence-electron chi connectivity index (χ2n) is 10.7. The summed E-state index contributed by atoms with van der Waals surface area (Å²) in [5, 5.41) is 4.30. The molecule has 0 unspecified atom stereocenters. The van der Waals surface area contributed by atoms with Crippen molar-refractivity contribution in [1.82, 2.24) is 19.4 Å². The molecule has 10 heteroatoms. The standard InChI is InChI=1S/C32H32Cl2N6O2/c1-21-18-23(9-10-28(21)39-15-11-24(12-16-39)38-13-5-14-38)36-32-35-19-25-29(37-32)22(6-4-17-42-2)20-40(31(25)41)30-26(33)7-3-8-27(30)34/h3,7-10,18-20,24H,5,11-17H2,1-2H3,(H,35,36,37). The van der Waals surface area contributed by atoms with E-state index in [1.165, 1.54) is 54.4 Å². The SMILES string of the molecule is COCC#Cc1cn(-c2c(Cl)cccc2Cl)c(=O)c2cnc(Nc3ccc(N4CCC(N5CCC5)CC4)c(C)c3)nc12. The van der Waals surface area contributed by atoms with Gasteiger partial charge in [-0.25, -0.2) is 9.97 Å². The fourth-order valence-electron chi connectivity index (χ4n) is 5.76. The van der Waals surface area contributed by atoms with Crippen LogP contribution in [0.2, 0.25) is 10.0 Å². The zero-order valence-corrected chi connectivity index (χ0v) is 25.2. The van der Waals surface area contributed by atoms with Crippen LogP contribution in [0.15, 0.2) is 53.6 Å². The van der Waals surface area contributed by atoms with Crippen molar-refractivity contribution in [3.05, 3.63) is 80.3 Å². The maximum Gasteiger partial charge on any atom is 0.266 e. The van der Waals surface area contributed by atoms with Gasteiger partial charge in [0.15, 0.2) is 0 Å². The van der Waals surface area contributed by atoms with Crippen molar-refractivity contribution < 1.29 is 4.74 Å². The second kappa shape index (κ2) is 12.3. The van der Waals surface area contributed by atoms with Crippen molar-refractivity contribution in [2.75, 3.05) is 50.1 Å². The van der Waals surface area contributed by atoms with Crippen LogP contribution >= 0.6 is 23.2 Å². The van der Waals surface area contributed by atoms with Gasteiger partial charge in [-0.2, -0.15) is 0 Å². The Labute approximate surface area is 255 Å². The number of hydrogen-bond acceptors (Lipinski definition) is 7. The van der Waals surface area contributed by atoms with Crippen LogP contribution in [0.4, 0.5) is 17.3 Å². The van der Waals surface area contributed by atoms with Gasteiger partial charge in [-0.05, 0) is 75.2 Å². The molecule has 6 rings (SSSR count). The highest BCUT2D eigenvalue weighted by Crippen LogP contribution is 2.31. The first kappa shape index (κ1) is 28.5. The lowest BCUT2D eigenvalue weighted by molar-refractivity contribution is 0.100. The van der Waals surface area contributed by atoms with Crippen LogP contribution in [-0.2, 0) is 4.74 Å². The van der Waals surface area contributed by atoms with E-state index >= 15 is 0 Å². The molecule has 0 amide bonds. The summed E-state index contributed by atoms with van der Waals surface area (Å²) in [7, 11) is 1.57. The van der Waals surface area contributed by atoms with Crippen molar-refractivity contribution in [3.8, 4) is 17.5 Å². The number of benzene rings is 2. The molecule has 0 spiro atoms. The quantitative estimate of drug-likeness (QED) is 0.279. The van der Waals surface area contributed by atoms with Crippen LogP contribution in [0.1, 0.15) is 30.4 Å². The molecule has 8 nitrogen and oxygen atoms in total. The molecule has 0 aliphatic carbocycles. The van der Waals surface area contributed by atoms with Crippen LogP contribution in [0.3, 0.4) is 0 Å². The van der Waals surface area contributed by atoms with Gasteiger partial charge in [-0.1, -0.05) is 41.1 Å². The number of fused-ring (bicyclic) bond motifs is 1. The summed E-state index contributed by atoms with van der Waals surface area (Å²) in [6, 6.07) is 12.1. The molecule has 4 aromatic rings. The second-order valence-corrected chi connectivity index (χ2v) is 11.5. The molecule has 2 aromatic heterocycles. The third kappa shape index (κ3) is 5.70. The third-order valence-corrected chi connectivity index (χ3v) is 8.64. The van der Waals surface area contributed by atoms with Crippen molar-refractivity contribution >= 4 is 51.4 Å². The largest absolute Gasteiger partial charge is 0.372 e. The number of nitrogens with zero attached hydrogens (tertiary/aromatic N) is 5. The number of halogens is 2. The Balaban J connectivity index is 1.29. The van der Waals surface area contributed by atoms with Gasteiger partial charge >= 0.3 is 0 Å². The molecule has 2 fully saturated rings. The van der Waals surface area contributed by atoms with Crippen LogP contribution in [-0.4, -0.2) is 65.4 Å². The monoisotopic (exact) mass is 602 g/mol. The lowest BCUT2D eigenvalue weighted by Crippen LogP contribution is -2.50. The van der Waals surface area contributed by atoms with Crippen molar-refractivity contribution in [1.29, 1.82) is 0 Å². The van der Waals surface area contributed by atoms with Crippen LogP contribution < -0.4 is 15.8 Å². The summed E-state index contributed by atoms with van der Waals surface area (Å²) in [5.41, 5.74) is 4.31. The molecule has 0 bridgehead atoms. The lowest BCUT2D eigenvalue weighted by atomic mass is 9.98. The highest BCUT2D eigenvalue weighted by molar-refractivity contribution is 6.37. The number of aromatic nitrogens is 3. The van der Waals surface area contributed by atoms with Crippen LogP contribution in [0.25, 0.3) is 16.6 Å². The molecule has 0 saturated carbocycles. The number of methoxy groups -OCH3 is 1. The van der Waals surface area contributed by atoms with Crippen LogP contribution in [0.5, 0.6) is 0 Å². The summed E-state index contributed by atoms with van der Waals surface area (Å²) in [6.07, 6.45) is 6.89. The summed E-state index contributed by atoms with van der Waals surface area (Å²) in [6.45, 7) is 7.03. The number of aryl methyl sites for hydroxylation is 1. The maximum absolute atomic E-state index is 13.6. The van der Waals surface area contributed by atoms with E-state index in [2.05, 4.69) is 51.0 Å². The molecule has 2 aliphatic heterocycles. The minimum atomic E-state index is -0.345. The molecule has 2 aromatic carbocycles. The molecule has 2 saturated heterocycles. The van der Waals surface area contributed by atoms with Crippen molar-refractivity contribution in [2.24, 2.45) is 0 Å². The molecule has 42 heavy (non-hydrogen) atoms. The van der Waals surface area contributed by atoms with Gasteiger partial charge in [0.1, 0.15) is 6.61 Å². The number of rotatable bonds is 6. The average molecular weight is 604 g/mol. The average Bonchev–Trinajstić information content (AvgIpc) is 2.95. The van der Waals surface area contributed by atoms with Gasteiger partial charge in [0, 0.05) is 50.0 Å². The Morgan fingerprint density at radius 3 is 2.52 bits per heavy atom. The minimum absolute atomic E-state index is 0.227. The number of piperidine rings is 1. The number of hydrogen-bond donors (Lipinski definition) is 1. The fraction of sp³-hybridized carbons (Fsp3) is 0.344. The number of nitrogens with one attached hydrogen (secondary N) is 1. The Hall–Kier alpha value is -3.61. The first-order valence-electron chi connectivity index (χ1n) is 14.1. The number of para-hydroxylation sites is 1. The van der Waals surface area contributed by atoms with E-state index in [1.54, 1.807) is 31.5 Å². The Morgan fingerprint density at radius 2 is 1.86 bits per heavy atom. The van der Waals surface area contributed by atoms with E-state index in [4.69, 9.17) is 32.9 Å². The number of likely N-dealkylation sites (tertiary alicyclic amines) is 1. The van der Waals surface area contributed by atoms with Gasteiger partial charge in [-0.3, -0.25) is 9.36 Å². The lowest BCUT2D eigenvalue weighted by Gasteiger charge is -2.43. The van der Waals surface area contributed by atoms with Gasteiger partial charge in [0.2, 0.25) is 5.95 Å². The number of anilines is 3. The van der Waals surface area contributed by atoms with Crippen molar-refractivity contribution in [3.63, 3.8) is 0 Å². The van der Waals surface area contributed by atoms with E-state index in [9.17, 15) is 4.79 Å². The smallest absolute Gasteiger partial charge is 0.266 e. The van der Waals surface area contributed by atoms with Gasteiger partial charge in [0.25, 0.3) is 5.56 Å². The number of ether oxygens (including phenoxy) is 1. The minimum Gasteiger partial charge on any atom is -0.372 e. The van der Waals surface area contributed by atoms with Crippen molar-refractivity contribution in [2.45, 2.75) is 32.2 Å². The predicted octanol–water partition coefficient (Wildman–Crippen LogP) is 5.81. The zero-order valence-electron chi connectivity index (χ0n) is 23.7.